The van der Waals surface area contributed by atoms with Crippen LogP contribution in [0.4, 0.5) is 30.4 Å². The highest BCUT2D eigenvalue weighted by Gasteiger charge is 2.33. The molecule has 1 N–H and O–H groups in total. The molecule has 12 heteroatoms. The molecule has 1 unspecified atom stereocenters. The van der Waals surface area contributed by atoms with E-state index in [1.165, 1.54) is 0 Å². The Bertz CT molecular complexity index is 1260. The van der Waals surface area contributed by atoms with Gasteiger partial charge in [-0.25, -0.2) is 9.97 Å². The highest BCUT2D eigenvalue weighted by molar-refractivity contribution is 5.94. The van der Waals surface area contributed by atoms with Crippen LogP contribution in [0.2, 0.25) is 0 Å². The van der Waals surface area contributed by atoms with Crippen LogP contribution in [0.1, 0.15) is 29.9 Å². The summed E-state index contributed by atoms with van der Waals surface area (Å²) in [6, 6.07) is 5.50. The van der Waals surface area contributed by atoms with Gasteiger partial charge in [0.05, 0.1) is 48.1 Å². The molecule has 9 nitrogen and oxygen atoms in total. The Morgan fingerprint density at radius 1 is 1.17 bits per heavy atom. The first-order valence-electron chi connectivity index (χ1n) is 10.9. The van der Waals surface area contributed by atoms with Crippen molar-refractivity contribution in [2.75, 3.05) is 43.6 Å². The first-order valence-corrected chi connectivity index (χ1v) is 10.9. The van der Waals surface area contributed by atoms with Gasteiger partial charge in [0.25, 0.3) is 5.69 Å². The number of methoxy groups -OCH3 is 1. The van der Waals surface area contributed by atoms with Crippen LogP contribution in [0.25, 0.3) is 10.9 Å². The highest BCUT2D eigenvalue weighted by atomic mass is 19.4. The van der Waals surface area contributed by atoms with Crippen LogP contribution in [0.3, 0.4) is 0 Å². The maximum Gasteiger partial charge on any atom is 0.416 e. The third-order valence-corrected chi connectivity index (χ3v) is 5.79. The van der Waals surface area contributed by atoms with E-state index in [1.54, 1.807) is 27.0 Å². The number of nitrogens with zero attached hydrogens (tertiary/aromatic N) is 4. The number of benzene rings is 2. The Hall–Kier alpha value is -3.67. The monoisotopic (exact) mass is 491 g/mol. The average Bonchev–Trinajstić information content (AvgIpc) is 2.82. The third-order valence-electron chi connectivity index (χ3n) is 5.79. The van der Waals surface area contributed by atoms with Crippen LogP contribution in [0.15, 0.2) is 30.3 Å². The minimum Gasteiger partial charge on any atom is -0.495 e. The van der Waals surface area contributed by atoms with E-state index in [9.17, 15) is 23.3 Å². The molecule has 0 saturated carbocycles. The Morgan fingerprint density at radius 2 is 1.89 bits per heavy atom. The molecule has 0 bridgehead atoms. The summed E-state index contributed by atoms with van der Waals surface area (Å²) < 4.78 is 51.1. The lowest BCUT2D eigenvalue weighted by Gasteiger charge is -2.30. The molecule has 1 atom stereocenters. The van der Waals surface area contributed by atoms with E-state index in [0.717, 1.165) is 17.8 Å². The number of nitro groups is 1. The lowest BCUT2D eigenvalue weighted by atomic mass is 10.0. The third kappa shape index (κ3) is 5.21. The van der Waals surface area contributed by atoms with E-state index in [4.69, 9.17) is 9.47 Å². The van der Waals surface area contributed by atoms with E-state index >= 15 is 0 Å². The number of rotatable bonds is 6. The Kier molecular flexibility index (Phi) is 6.66. The summed E-state index contributed by atoms with van der Waals surface area (Å²) in [4.78, 5) is 21.5. The number of aryl methyl sites for hydroxylation is 1. The number of fused-ring (bicyclic) bond motifs is 1. The summed E-state index contributed by atoms with van der Waals surface area (Å²) in [5, 5.41) is 15.0. The van der Waals surface area contributed by atoms with E-state index in [1.807, 2.05) is 6.07 Å². The molecule has 35 heavy (non-hydrogen) atoms. The fraction of sp³-hybridized carbons (Fsp3) is 0.391. The Labute approximate surface area is 199 Å². The SMILES string of the molecule is COc1cc2c(NC(C)c3cc([N+](=O)[O-])cc(C(F)(F)F)c3)nc(C)nc2cc1N1CCOCC1. The molecule has 186 valence electrons. The van der Waals surface area contributed by atoms with Crippen molar-refractivity contribution < 1.29 is 27.6 Å². The number of hydrogen-bond acceptors (Lipinski definition) is 8. The molecule has 0 spiro atoms. The van der Waals surface area contributed by atoms with Crippen molar-refractivity contribution in [1.29, 1.82) is 0 Å². The van der Waals surface area contributed by atoms with Gasteiger partial charge < -0.3 is 19.7 Å². The lowest BCUT2D eigenvalue weighted by molar-refractivity contribution is -0.385. The van der Waals surface area contributed by atoms with Crippen molar-refractivity contribution in [2.24, 2.45) is 0 Å². The van der Waals surface area contributed by atoms with Crippen LogP contribution in [0.5, 0.6) is 5.75 Å². The molecule has 1 aliphatic rings. The van der Waals surface area contributed by atoms with Gasteiger partial charge in [0.1, 0.15) is 17.4 Å². The van der Waals surface area contributed by atoms with Crippen LogP contribution in [-0.4, -0.2) is 48.3 Å². The number of alkyl halides is 3. The number of hydrogen-bond donors (Lipinski definition) is 1. The predicted octanol–water partition coefficient (Wildman–Crippen LogP) is 4.88. The first kappa shape index (κ1) is 24.5. The summed E-state index contributed by atoms with van der Waals surface area (Å²) in [6.07, 6.45) is -4.72. The second-order valence-corrected chi connectivity index (χ2v) is 8.19. The summed E-state index contributed by atoms with van der Waals surface area (Å²) in [5.74, 6) is 1.43. The van der Waals surface area contributed by atoms with Gasteiger partial charge in [-0.2, -0.15) is 13.2 Å². The van der Waals surface area contributed by atoms with Crippen LogP contribution < -0.4 is 15.0 Å². The van der Waals surface area contributed by atoms with Crippen LogP contribution in [0, 0.1) is 17.0 Å². The minimum absolute atomic E-state index is 0.104. The normalized spacial score (nSPS) is 15.2. The molecule has 2 heterocycles. The molecule has 1 saturated heterocycles. The largest absolute Gasteiger partial charge is 0.495 e. The predicted molar refractivity (Wildman–Crippen MR) is 124 cm³/mol. The zero-order valence-electron chi connectivity index (χ0n) is 19.3. The Balaban J connectivity index is 1.75. The Morgan fingerprint density at radius 3 is 2.51 bits per heavy atom. The maximum absolute atomic E-state index is 13.3. The molecule has 0 radical (unpaired) electrons. The maximum atomic E-state index is 13.3. The van der Waals surface area contributed by atoms with Gasteiger partial charge in [0.15, 0.2) is 0 Å². The molecule has 1 fully saturated rings. The molecule has 2 aromatic carbocycles. The van der Waals surface area contributed by atoms with Crippen molar-refractivity contribution in [3.8, 4) is 5.75 Å². The first-order chi connectivity index (χ1) is 16.6. The number of nitro benzene ring substituents is 1. The van der Waals surface area contributed by atoms with Gasteiger partial charge in [-0.15, -0.1) is 0 Å². The molecule has 0 aliphatic carbocycles. The van der Waals surface area contributed by atoms with Crippen molar-refractivity contribution in [1.82, 2.24) is 9.97 Å². The van der Waals surface area contributed by atoms with Crippen molar-refractivity contribution in [3.05, 3.63) is 57.4 Å². The molecule has 1 aliphatic heterocycles. The van der Waals surface area contributed by atoms with E-state index in [2.05, 4.69) is 20.2 Å². The number of ether oxygens (including phenoxy) is 2. The number of aromatic nitrogens is 2. The van der Waals surface area contributed by atoms with Gasteiger partial charge in [-0.1, -0.05) is 0 Å². The smallest absolute Gasteiger partial charge is 0.416 e. The molecule has 0 amide bonds. The van der Waals surface area contributed by atoms with Crippen LogP contribution >= 0.6 is 0 Å². The summed E-state index contributed by atoms with van der Waals surface area (Å²) in [7, 11) is 1.55. The quantitative estimate of drug-likeness (QED) is 0.384. The standard InChI is InChI=1S/C23H24F3N5O4/c1-13(15-8-16(23(24,25)26)10-17(9-15)31(32)33)27-22-18-11-21(34-3)20(30-4-6-35-7-5-30)12-19(18)28-14(2)29-22/h8-13H,4-7H2,1-3H3,(H,27,28,29). The van der Waals surface area contributed by atoms with E-state index in [0.29, 0.717) is 60.7 Å². The summed E-state index contributed by atoms with van der Waals surface area (Å²) >= 11 is 0. The molecular weight excluding hydrogens is 467 g/mol. The van der Waals surface area contributed by atoms with Gasteiger partial charge in [0.2, 0.25) is 0 Å². The minimum atomic E-state index is -4.72. The summed E-state index contributed by atoms with van der Waals surface area (Å²) in [5.41, 5.74) is -0.133. The van der Waals surface area contributed by atoms with Crippen molar-refractivity contribution in [3.63, 3.8) is 0 Å². The molecular formula is C23H24F3N5O4. The number of non-ortho nitro benzene ring substituents is 1. The number of nitrogens with one attached hydrogen (secondary N) is 1. The highest BCUT2D eigenvalue weighted by Crippen LogP contribution is 2.38. The van der Waals surface area contributed by atoms with Crippen molar-refractivity contribution in [2.45, 2.75) is 26.1 Å². The fourth-order valence-corrected chi connectivity index (χ4v) is 4.03. The average molecular weight is 491 g/mol. The molecule has 4 rings (SSSR count). The number of morpholine rings is 1. The number of halogens is 3. The fourth-order valence-electron chi connectivity index (χ4n) is 4.03. The van der Waals surface area contributed by atoms with Gasteiger partial charge in [-0.05, 0) is 37.6 Å². The summed E-state index contributed by atoms with van der Waals surface area (Å²) in [6.45, 7) is 5.91. The van der Waals surface area contributed by atoms with Gasteiger partial charge >= 0.3 is 6.18 Å². The zero-order chi connectivity index (χ0) is 25.3. The molecule has 3 aromatic rings. The second kappa shape index (κ2) is 9.53. The lowest BCUT2D eigenvalue weighted by Crippen LogP contribution is -2.36. The second-order valence-electron chi connectivity index (χ2n) is 8.19. The zero-order valence-corrected chi connectivity index (χ0v) is 19.3. The van der Waals surface area contributed by atoms with Crippen molar-refractivity contribution >= 4 is 28.1 Å². The van der Waals surface area contributed by atoms with E-state index < -0.39 is 28.4 Å². The number of anilines is 2. The van der Waals surface area contributed by atoms with E-state index in [-0.39, 0.29) is 5.56 Å². The van der Waals surface area contributed by atoms with Gasteiger partial charge in [0, 0.05) is 30.6 Å². The van der Waals surface area contributed by atoms with Crippen LogP contribution in [-0.2, 0) is 10.9 Å². The van der Waals surface area contributed by atoms with Gasteiger partial charge in [-0.3, -0.25) is 10.1 Å². The topological polar surface area (TPSA) is 103 Å². The molecule has 1 aromatic heterocycles.